The van der Waals surface area contributed by atoms with Gasteiger partial charge < -0.3 is 4.74 Å². The van der Waals surface area contributed by atoms with Crippen LogP contribution in [0.5, 0.6) is 0 Å². The average molecular weight is 304 g/mol. The molecular weight excluding hydrogens is 290 g/mol. The second-order valence-corrected chi connectivity index (χ2v) is 5.04. The number of methoxy groups -OCH3 is 1. The Hall–Kier alpha value is -2.41. The normalized spacial score (nSPS) is 12.0. The highest BCUT2D eigenvalue weighted by Crippen LogP contribution is 2.26. The van der Waals surface area contributed by atoms with Crippen molar-refractivity contribution < 1.29 is 13.5 Å². The van der Waals surface area contributed by atoms with Crippen LogP contribution in [0, 0.1) is 0 Å². The summed E-state index contributed by atoms with van der Waals surface area (Å²) in [7, 11) is 1.63. The van der Waals surface area contributed by atoms with E-state index in [1.54, 1.807) is 7.11 Å². The quantitative estimate of drug-likeness (QED) is 0.743. The first kappa shape index (κ1) is 14.5. The maximum atomic E-state index is 13.5. The molecule has 0 radical (unpaired) electrons. The van der Waals surface area contributed by atoms with Gasteiger partial charge in [-0.2, -0.15) is 8.78 Å². The van der Waals surface area contributed by atoms with E-state index >= 15 is 0 Å². The van der Waals surface area contributed by atoms with Gasteiger partial charge in [-0.1, -0.05) is 24.3 Å². The second-order valence-electron chi connectivity index (χ2n) is 5.04. The van der Waals surface area contributed by atoms with Gasteiger partial charge >= 0.3 is 5.92 Å². The number of hydrogen-bond donors (Lipinski definition) is 0. The van der Waals surface area contributed by atoms with Crippen LogP contribution in [0.25, 0.3) is 16.9 Å². The van der Waals surface area contributed by atoms with E-state index < -0.39 is 11.7 Å². The Labute approximate surface area is 125 Å². The van der Waals surface area contributed by atoms with Crippen molar-refractivity contribution >= 4 is 5.65 Å². The molecule has 0 aliphatic rings. The van der Waals surface area contributed by atoms with Gasteiger partial charge in [0.1, 0.15) is 0 Å². The Balaban J connectivity index is 2.04. The van der Waals surface area contributed by atoms with Crippen LogP contribution in [0.3, 0.4) is 0 Å². The Morgan fingerprint density at radius 3 is 2.55 bits per heavy atom. The number of ether oxygens (including phenoxy) is 1. The van der Waals surface area contributed by atoms with Crippen LogP contribution in [0.4, 0.5) is 8.78 Å². The van der Waals surface area contributed by atoms with Crippen molar-refractivity contribution in [2.75, 3.05) is 7.11 Å². The Morgan fingerprint density at radius 1 is 1.18 bits per heavy atom. The highest BCUT2D eigenvalue weighted by atomic mass is 19.3. The van der Waals surface area contributed by atoms with Crippen LogP contribution in [0.1, 0.15) is 18.3 Å². The predicted molar refractivity (Wildman–Crippen MR) is 76.5 cm³/mol. The van der Waals surface area contributed by atoms with Crippen LogP contribution in [0.2, 0.25) is 0 Å². The van der Waals surface area contributed by atoms with Crippen LogP contribution in [-0.2, 0) is 17.3 Å². The largest absolute Gasteiger partial charge is 0.380 e. The molecule has 0 amide bonds. The fourth-order valence-electron chi connectivity index (χ4n) is 2.19. The van der Waals surface area contributed by atoms with Crippen molar-refractivity contribution in [2.24, 2.45) is 0 Å². The molecular formula is C15H14F2N4O. The molecule has 0 bridgehead atoms. The molecule has 5 nitrogen and oxygen atoms in total. The van der Waals surface area contributed by atoms with Crippen LogP contribution in [0.15, 0.2) is 36.7 Å². The summed E-state index contributed by atoms with van der Waals surface area (Å²) < 4.78 is 33.4. The fraction of sp³-hybridized carbons (Fsp3) is 0.267. The molecule has 0 unspecified atom stereocenters. The number of benzene rings is 1. The number of hydrogen-bond acceptors (Lipinski definition) is 4. The Morgan fingerprint density at radius 2 is 1.91 bits per heavy atom. The SMILES string of the molecule is COCc1ccc(-c2cn3c(C(C)(F)F)nnc3cn2)cc1. The minimum absolute atomic E-state index is 0.288. The lowest BCUT2D eigenvalue weighted by Gasteiger charge is -2.08. The van der Waals surface area contributed by atoms with Gasteiger partial charge in [0.15, 0.2) is 5.65 Å². The minimum Gasteiger partial charge on any atom is -0.380 e. The summed E-state index contributed by atoms with van der Waals surface area (Å²) in [5.74, 6) is -3.47. The Bertz CT molecular complexity index is 793. The second kappa shape index (κ2) is 5.42. The van der Waals surface area contributed by atoms with Gasteiger partial charge in [-0.05, 0) is 5.56 Å². The molecule has 0 aliphatic heterocycles. The van der Waals surface area contributed by atoms with E-state index in [1.807, 2.05) is 24.3 Å². The van der Waals surface area contributed by atoms with Gasteiger partial charge in [0, 0.05) is 25.8 Å². The van der Waals surface area contributed by atoms with Gasteiger partial charge in [-0.25, -0.2) is 0 Å². The molecule has 2 heterocycles. The third-order valence-corrected chi connectivity index (χ3v) is 3.25. The van der Waals surface area contributed by atoms with Crippen LogP contribution >= 0.6 is 0 Å². The topological polar surface area (TPSA) is 52.3 Å². The molecule has 3 rings (SSSR count). The molecule has 114 valence electrons. The maximum absolute atomic E-state index is 13.5. The minimum atomic E-state index is -3.07. The monoisotopic (exact) mass is 304 g/mol. The summed E-state index contributed by atoms with van der Waals surface area (Å²) in [5, 5.41) is 7.26. The molecule has 0 spiro atoms. The van der Waals surface area contributed by atoms with Crippen molar-refractivity contribution in [3.8, 4) is 11.3 Å². The summed E-state index contributed by atoms with van der Waals surface area (Å²) in [6.07, 6.45) is 2.95. The molecule has 0 saturated heterocycles. The fourth-order valence-corrected chi connectivity index (χ4v) is 2.19. The summed E-state index contributed by atoms with van der Waals surface area (Å²) in [5.41, 5.74) is 2.70. The average Bonchev–Trinajstić information content (AvgIpc) is 2.91. The maximum Gasteiger partial charge on any atom is 0.304 e. The van der Waals surface area contributed by atoms with E-state index in [2.05, 4.69) is 15.2 Å². The molecule has 0 saturated carbocycles. The number of fused-ring (bicyclic) bond motifs is 1. The molecule has 7 heteroatoms. The van der Waals surface area contributed by atoms with Crippen molar-refractivity contribution in [3.63, 3.8) is 0 Å². The van der Waals surface area contributed by atoms with E-state index in [0.717, 1.165) is 18.1 Å². The highest BCUT2D eigenvalue weighted by molar-refractivity contribution is 5.60. The van der Waals surface area contributed by atoms with Crippen LogP contribution in [-0.4, -0.2) is 26.7 Å². The van der Waals surface area contributed by atoms with Gasteiger partial charge in [0.25, 0.3) is 0 Å². The van der Waals surface area contributed by atoms with E-state index in [0.29, 0.717) is 12.3 Å². The lowest BCUT2D eigenvalue weighted by atomic mass is 10.1. The smallest absolute Gasteiger partial charge is 0.304 e. The molecule has 2 aromatic heterocycles. The molecule has 0 atom stereocenters. The third-order valence-electron chi connectivity index (χ3n) is 3.25. The summed E-state index contributed by atoms with van der Waals surface area (Å²) in [6.45, 7) is 1.31. The van der Waals surface area contributed by atoms with E-state index in [4.69, 9.17) is 4.74 Å². The van der Waals surface area contributed by atoms with Gasteiger partial charge in [0.05, 0.1) is 18.5 Å². The van der Waals surface area contributed by atoms with E-state index in [1.165, 1.54) is 16.8 Å². The molecule has 3 aromatic rings. The first-order valence-electron chi connectivity index (χ1n) is 6.66. The number of alkyl halides is 2. The zero-order valence-corrected chi connectivity index (χ0v) is 12.1. The number of aromatic nitrogens is 4. The van der Waals surface area contributed by atoms with Crippen LogP contribution < -0.4 is 0 Å². The first-order valence-corrected chi connectivity index (χ1v) is 6.66. The number of nitrogens with zero attached hydrogens (tertiary/aromatic N) is 4. The summed E-state index contributed by atoms with van der Waals surface area (Å²) in [6, 6.07) is 7.56. The molecule has 0 N–H and O–H groups in total. The van der Waals surface area contributed by atoms with Crippen molar-refractivity contribution in [1.29, 1.82) is 0 Å². The van der Waals surface area contributed by atoms with Gasteiger partial charge in [-0.3, -0.25) is 9.38 Å². The Kier molecular flexibility index (Phi) is 3.58. The molecule has 0 fully saturated rings. The number of halogens is 2. The van der Waals surface area contributed by atoms with E-state index in [9.17, 15) is 8.78 Å². The summed E-state index contributed by atoms with van der Waals surface area (Å²) >= 11 is 0. The molecule has 22 heavy (non-hydrogen) atoms. The standard InChI is InChI=1S/C15H14F2N4O/c1-15(16,17)14-20-19-13-7-18-12(8-21(13)14)11-5-3-10(4-6-11)9-22-2/h3-8H,9H2,1-2H3. The molecule has 0 aliphatic carbocycles. The number of rotatable bonds is 4. The van der Waals surface area contributed by atoms with Gasteiger partial charge in [-0.15, -0.1) is 10.2 Å². The highest BCUT2D eigenvalue weighted by Gasteiger charge is 2.31. The summed E-state index contributed by atoms with van der Waals surface area (Å²) in [4.78, 5) is 4.25. The van der Waals surface area contributed by atoms with Crippen molar-refractivity contribution in [2.45, 2.75) is 19.5 Å². The van der Waals surface area contributed by atoms with Crippen molar-refractivity contribution in [3.05, 3.63) is 48.0 Å². The zero-order chi connectivity index (χ0) is 15.7. The van der Waals surface area contributed by atoms with E-state index in [-0.39, 0.29) is 5.65 Å². The van der Waals surface area contributed by atoms with Gasteiger partial charge in [0.2, 0.25) is 5.82 Å². The first-order chi connectivity index (χ1) is 10.5. The lowest BCUT2D eigenvalue weighted by molar-refractivity contribution is 0.00668. The third kappa shape index (κ3) is 2.67. The van der Waals surface area contributed by atoms with Crippen molar-refractivity contribution in [1.82, 2.24) is 19.6 Å². The predicted octanol–water partition coefficient (Wildman–Crippen LogP) is 3.05. The lowest BCUT2D eigenvalue weighted by Crippen LogP contribution is -2.12. The zero-order valence-electron chi connectivity index (χ0n) is 12.1. The molecule has 1 aromatic carbocycles.